The minimum Gasteiger partial charge on any atom is -0.392 e. The number of nitrogens with zero attached hydrogens (tertiary/aromatic N) is 2. The zero-order valence-electron chi connectivity index (χ0n) is 18.1. The Bertz CT molecular complexity index is 759. The van der Waals surface area contributed by atoms with E-state index < -0.39 is 0 Å². The predicted octanol–water partition coefficient (Wildman–Crippen LogP) is 2.56. The van der Waals surface area contributed by atoms with E-state index in [-0.39, 0.29) is 23.3 Å². The number of aliphatic hydroxyl groups excluding tert-OH is 1. The highest BCUT2D eigenvalue weighted by Crippen LogP contribution is 2.36. The van der Waals surface area contributed by atoms with Gasteiger partial charge in [-0.1, -0.05) is 31.9 Å². The molecule has 2 amide bonds. The molecule has 0 radical (unpaired) electrons. The molecule has 164 valence electrons. The standard InChI is InChI=1S/C23H34N4O3/c1-3-24-22(26-16-23(2)13-7-6-12-19(23)28)25-14-8-9-15-27-20(29)17-10-4-5-11-18(17)21(27)30/h4-5,10-11,19,28H,3,6-9,12-16H2,1-2H3,(H2,24,25,26). The number of fused-ring (bicyclic) bond motifs is 1. The van der Waals surface area contributed by atoms with Crippen LogP contribution in [0.25, 0.3) is 0 Å². The number of nitrogens with one attached hydrogen (secondary N) is 2. The number of imide groups is 1. The fraction of sp³-hybridized carbons (Fsp3) is 0.609. The maximum atomic E-state index is 12.4. The Kier molecular flexibility index (Phi) is 7.48. The summed E-state index contributed by atoms with van der Waals surface area (Å²) in [6, 6.07) is 6.98. The van der Waals surface area contributed by atoms with Crippen molar-refractivity contribution in [2.24, 2.45) is 10.4 Å². The molecule has 2 unspecified atom stereocenters. The van der Waals surface area contributed by atoms with Gasteiger partial charge in [0.1, 0.15) is 0 Å². The summed E-state index contributed by atoms with van der Waals surface area (Å²) in [5.74, 6) is 0.354. The molecular formula is C23H34N4O3. The fourth-order valence-electron chi connectivity index (χ4n) is 4.21. The second-order valence-electron chi connectivity index (χ2n) is 8.55. The molecule has 2 atom stereocenters. The van der Waals surface area contributed by atoms with Crippen molar-refractivity contribution in [2.45, 2.75) is 58.5 Å². The average Bonchev–Trinajstić information content (AvgIpc) is 2.99. The summed E-state index contributed by atoms with van der Waals surface area (Å²) in [7, 11) is 0. The lowest BCUT2D eigenvalue weighted by Crippen LogP contribution is -2.42. The van der Waals surface area contributed by atoms with E-state index in [1.165, 1.54) is 4.90 Å². The highest BCUT2D eigenvalue weighted by atomic mass is 16.3. The van der Waals surface area contributed by atoms with E-state index in [2.05, 4.69) is 17.6 Å². The lowest BCUT2D eigenvalue weighted by atomic mass is 9.73. The lowest BCUT2D eigenvalue weighted by Gasteiger charge is -2.37. The predicted molar refractivity (Wildman–Crippen MR) is 118 cm³/mol. The van der Waals surface area contributed by atoms with Crippen LogP contribution in [0.2, 0.25) is 0 Å². The third-order valence-corrected chi connectivity index (χ3v) is 6.20. The van der Waals surface area contributed by atoms with Crippen LogP contribution in [-0.4, -0.2) is 60.1 Å². The Hall–Kier alpha value is -2.41. The van der Waals surface area contributed by atoms with Crippen LogP contribution >= 0.6 is 0 Å². The molecule has 2 aliphatic rings. The lowest BCUT2D eigenvalue weighted by molar-refractivity contribution is 0.00716. The molecule has 1 aromatic rings. The number of hydrogen-bond acceptors (Lipinski definition) is 4. The number of amides is 2. The fourth-order valence-corrected chi connectivity index (χ4v) is 4.21. The molecule has 1 heterocycles. The summed E-state index contributed by atoms with van der Waals surface area (Å²) in [4.78, 5) is 30.8. The quantitative estimate of drug-likeness (QED) is 0.263. The summed E-state index contributed by atoms with van der Waals surface area (Å²) in [6.07, 6.45) is 5.34. The van der Waals surface area contributed by atoms with Gasteiger partial charge in [0.25, 0.3) is 11.8 Å². The van der Waals surface area contributed by atoms with Crippen LogP contribution in [0.3, 0.4) is 0 Å². The monoisotopic (exact) mass is 414 g/mol. The first-order valence-electron chi connectivity index (χ1n) is 11.1. The first-order valence-corrected chi connectivity index (χ1v) is 11.1. The minimum absolute atomic E-state index is 0.161. The van der Waals surface area contributed by atoms with Gasteiger partial charge < -0.3 is 15.7 Å². The van der Waals surface area contributed by atoms with E-state index in [1.807, 2.05) is 6.92 Å². The average molecular weight is 415 g/mol. The topological polar surface area (TPSA) is 94.0 Å². The van der Waals surface area contributed by atoms with E-state index in [0.29, 0.717) is 30.8 Å². The number of aliphatic hydroxyl groups is 1. The van der Waals surface area contributed by atoms with E-state index in [1.54, 1.807) is 24.3 Å². The second-order valence-corrected chi connectivity index (χ2v) is 8.55. The van der Waals surface area contributed by atoms with Crippen molar-refractivity contribution < 1.29 is 14.7 Å². The van der Waals surface area contributed by atoms with Gasteiger partial charge in [-0.05, 0) is 44.7 Å². The van der Waals surface area contributed by atoms with E-state index in [4.69, 9.17) is 4.99 Å². The zero-order chi connectivity index (χ0) is 21.6. The third-order valence-electron chi connectivity index (χ3n) is 6.20. The van der Waals surface area contributed by atoms with Crippen molar-refractivity contribution in [3.05, 3.63) is 35.4 Å². The number of rotatable bonds is 8. The SMILES string of the molecule is CCNC(=NCC1(C)CCCCC1O)NCCCCN1C(=O)c2ccccc2C1=O. The molecule has 7 heteroatoms. The highest BCUT2D eigenvalue weighted by molar-refractivity contribution is 6.21. The van der Waals surface area contributed by atoms with E-state index in [9.17, 15) is 14.7 Å². The number of carbonyl (C=O) groups is 2. The number of guanidine groups is 1. The first-order chi connectivity index (χ1) is 14.5. The number of carbonyl (C=O) groups excluding carboxylic acids is 2. The summed E-state index contributed by atoms with van der Waals surface area (Å²) < 4.78 is 0. The van der Waals surface area contributed by atoms with Crippen molar-refractivity contribution in [3.8, 4) is 0 Å². The summed E-state index contributed by atoms with van der Waals surface area (Å²) in [5.41, 5.74) is 0.840. The van der Waals surface area contributed by atoms with Gasteiger partial charge in [0.05, 0.1) is 23.8 Å². The zero-order valence-corrected chi connectivity index (χ0v) is 18.1. The maximum absolute atomic E-state index is 12.4. The van der Waals surface area contributed by atoms with Crippen LogP contribution in [-0.2, 0) is 0 Å². The summed E-state index contributed by atoms with van der Waals surface area (Å²) in [5, 5.41) is 16.9. The van der Waals surface area contributed by atoms with E-state index in [0.717, 1.165) is 51.0 Å². The largest absolute Gasteiger partial charge is 0.392 e. The van der Waals surface area contributed by atoms with Crippen LogP contribution < -0.4 is 10.6 Å². The number of hydrogen-bond donors (Lipinski definition) is 3. The molecule has 1 aliphatic carbocycles. The van der Waals surface area contributed by atoms with Crippen molar-refractivity contribution in [1.82, 2.24) is 15.5 Å². The number of benzene rings is 1. The van der Waals surface area contributed by atoms with E-state index >= 15 is 0 Å². The molecule has 1 aromatic carbocycles. The molecule has 1 aliphatic heterocycles. The highest BCUT2D eigenvalue weighted by Gasteiger charge is 2.35. The molecule has 0 bridgehead atoms. The van der Waals surface area contributed by atoms with Crippen molar-refractivity contribution in [1.29, 1.82) is 0 Å². The molecule has 3 rings (SSSR count). The second kappa shape index (κ2) is 10.1. The van der Waals surface area contributed by atoms with Crippen molar-refractivity contribution in [3.63, 3.8) is 0 Å². The minimum atomic E-state index is -0.294. The van der Waals surface area contributed by atoms with Crippen molar-refractivity contribution in [2.75, 3.05) is 26.2 Å². The van der Waals surface area contributed by atoms with Crippen LogP contribution in [0, 0.1) is 5.41 Å². The summed E-state index contributed by atoms with van der Waals surface area (Å²) >= 11 is 0. The molecule has 3 N–H and O–H groups in total. The molecule has 0 saturated heterocycles. The molecule has 30 heavy (non-hydrogen) atoms. The normalized spacial score (nSPS) is 24.2. The first kappa shape index (κ1) is 22.3. The number of aliphatic imine (C=N–C) groups is 1. The van der Waals surface area contributed by atoms with Gasteiger partial charge >= 0.3 is 0 Å². The Balaban J connectivity index is 1.44. The van der Waals surface area contributed by atoms with Gasteiger partial charge in [0, 0.05) is 25.0 Å². The Labute approximate surface area is 178 Å². The van der Waals surface area contributed by atoms with Crippen LogP contribution in [0.5, 0.6) is 0 Å². The Morgan fingerprint density at radius 3 is 2.50 bits per heavy atom. The summed E-state index contributed by atoms with van der Waals surface area (Å²) in [6.45, 7) is 6.63. The van der Waals surface area contributed by atoms with Crippen LogP contribution in [0.1, 0.15) is 73.1 Å². The Morgan fingerprint density at radius 1 is 1.17 bits per heavy atom. The maximum Gasteiger partial charge on any atom is 0.261 e. The molecule has 0 aromatic heterocycles. The van der Waals surface area contributed by atoms with Gasteiger partial charge in [0.2, 0.25) is 0 Å². The van der Waals surface area contributed by atoms with Gasteiger partial charge in [-0.15, -0.1) is 0 Å². The molecular weight excluding hydrogens is 380 g/mol. The molecule has 7 nitrogen and oxygen atoms in total. The smallest absolute Gasteiger partial charge is 0.261 e. The van der Waals surface area contributed by atoms with Crippen molar-refractivity contribution >= 4 is 17.8 Å². The van der Waals surface area contributed by atoms with Crippen LogP contribution in [0.15, 0.2) is 29.3 Å². The third kappa shape index (κ3) is 5.01. The van der Waals surface area contributed by atoms with Gasteiger partial charge in [-0.3, -0.25) is 19.5 Å². The molecule has 0 spiro atoms. The van der Waals surface area contributed by atoms with Crippen LogP contribution in [0.4, 0.5) is 0 Å². The Morgan fingerprint density at radius 2 is 1.87 bits per heavy atom. The molecule has 1 saturated carbocycles. The van der Waals surface area contributed by atoms with Gasteiger partial charge in [-0.2, -0.15) is 0 Å². The van der Waals surface area contributed by atoms with Gasteiger partial charge in [0.15, 0.2) is 5.96 Å². The molecule has 1 fully saturated rings. The number of unbranched alkanes of at least 4 members (excludes halogenated alkanes) is 1. The van der Waals surface area contributed by atoms with Gasteiger partial charge in [-0.25, -0.2) is 0 Å².